The fourth-order valence-corrected chi connectivity index (χ4v) is 2.91. The van der Waals surface area contributed by atoms with Crippen LogP contribution in [0.15, 0.2) is 23.8 Å². The van der Waals surface area contributed by atoms with E-state index in [1.165, 1.54) is 23.1 Å². The zero-order chi connectivity index (χ0) is 14.7. The highest BCUT2D eigenvalue weighted by Gasteiger charge is 2.36. The van der Waals surface area contributed by atoms with Crippen LogP contribution in [0.5, 0.6) is 5.75 Å². The van der Waals surface area contributed by atoms with Crippen molar-refractivity contribution < 1.29 is 5.11 Å². The Bertz CT molecular complexity index is 504. The lowest BCUT2D eigenvalue weighted by Crippen LogP contribution is -2.01. The first-order valence-electron chi connectivity index (χ1n) is 7.76. The molecule has 1 aromatic rings. The van der Waals surface area contributed by atoms with E-state index in [0.29, 0.717) is 11.7 Å². The first-order chi connectivity index (χ1) is 9.58. The van der Waals surface area contributed by atoms with E-state index in [2.05, 4.69) is 38.2 Å². The molecule has 0 heterocycles. The van der Waals surface area contributed by atoms with Crippen LogP contribution in [0.25, 0.3) is 0 Å². The first kappa shape index (κ1) is 15.0. The number of hydrogen-bond acceptors (Lipinski definition) is 2. The molecule has 2 unspecified atom stereocenters. The fourth-order valence-electron chi connectivity index (χ4n) is 2.91. The Morgan fingerprint density at radius 3 is 2.70 bits per heavy atom. The van der Waals surface area contributed by atoms with Gasteiger partial charge in [0, 0.05) is 7.05 Å². The van der Waals surface area contributed by atoms with Crippen LogP contribution in [0.1, 0.15) is 57.1 Å². The number of allylic oxidation sites excluding steroid dienone is 2. The molecule has 0 saturated heterocycles. The summed E-state index contributed by atoms with van der Waals surface area (Å²) in [6.07, 6.45) is 6.77. The van der Waals surface area contributed by atoms with Crippen molar-refractivity contribution in [1.29, 1.82) is 0 Å². The zero-order valence-corrected chi connectivity index (χ0v) is 13.2. The normalized spacial score (nSPS) is 21.9. The minimum atomic E-state index is 0.371. The highest BCUT2D eigenvalue weighted by Crippen LogP contribution is 2.50. The molecule has 2 rings (SSSR count). The number of nitrogens with one attached hydrogen (secondary N) is 1. The number of aromatic hydroxyl groups is 1. The SMILES string of the molecule is CC/C(C)=C/CCc1c(C2CC2C)ccc(O)c1NC. The van der Waals surface area contributed by atoms with Crippen LogP contribution in [0.2, 0.25) is 0 Å². The van der Waals surface area contributed by atoms with E-state index in [0.717, 1.165) is 30.9 Å². The Hall–Kier alpha value is -1.44. The Morgan fingerprint density at radius 1 is 1.45 bits per heavy atom. The average molecular weight is 273 g/mol. The van der Waals surface area contributed by atoms with E-state index < -0.39 is 0 Å². The summed E-state index contributed by atoms with van der Waals surface area (Å²) in [6.45, 7) is 6.68. The number of phenolic OH excluding ortho intramolecular Hbond substituents is 1. The summed E-state index contributed by atoms with van der Waals surface area (Å²) < 4.78 is 0. The minimum absolute atomic E-state index is 0.371. The van der Waals surface area contributed by atoms with Gasteiger partial charge in [0.2, 0.25) is 0 Å². The van der Waals surface area contributed by atoms with Gasteiger partial charge in [-0.25, -0.2) is 0 Å². The van der Waals surface area contributed by atoms with Gasteiger partial charge in [0.25, 0.3) is 0 Å². The van der Waals surface area contributed by atoms with Gasteiger partial charge < -0.3 is 10.4 Å². The molecule has 0 radical (unpaired) electrons. The number of phenols is 1. The maximum Gasteiger partial charge on any atom is 0.138 e. The summed E-state index contributed by atoms with van der Waals surface area (Å²) in [5.74, 6) is 1.85. The molecular formula is C18H27NO. The Labute approximate surface area is 122 Å². The lowest BCUT2D eigenvalue weighted by molar-refractivity contribution is 0.476. The van der Waals surface area contributed by atoms with Crippen LogP contribution < -0.4 is 5.32 Å². The van der Waals surface area contributed by atoms with Gasteiger partial charge in [-0.1, -0.05) is 31.6 Å². The molecular weight excluding hydrogens is 246 g/mol. The van der Waals surface area contributed by atoms with Gasteiger partial charge in [0.1, 0.15) is 5.75 Å². The molecule has 2 atom stereocenters. The lowest BCUT2D eigenvalue weighted by atomic mass is 9.95. The first-order valence-corrected chi connectivity index (χ1v) is 7.76. The van der Waals surface area contributed by atoms with Gasteiger partial charge >= 0.3 is 0 Å². The maximum absolute atomic E-state index is 10.1. The highest BCUT2D eigenvalue weighted by atomic mass is 16.3. The molecule has 1 aromatic carbocycles. The number of anilines is 1. The van der Waals surface area contributed by atoms with Crippen molar-refractivity contribution in [2.45, 2.75) is 52.4 Å². The highest BCUT2D eigenvalue weighted by molar-refractivity contribution is 5.65. The molecule has 1 saturated carbocycles. The van der Waals surface area contributed by atoms with Crippen LogP contribution in [0, 0.1) is 5.92 Å². The number of rotatable bonds is 6. The second kappa shape index (κ2) is 6.34. The molecule has 0 spiro atoms. The second-order valence-corrected chi connectivity index (χ2v) is 6.04. The van der Waals surface area contributed by atoms with Crippen molar-refractivity contribution in [3.05, 3.63) is 34.9 Å². The van der Waals surface area contributed by atoms with E-state index in [1.807, 2.05) is 13.1 Å². The van der Waals surface area contributed by atoms with Crippen molar-refractivity contribution in [1.82, 2.24) is 0 Å². The van der Waals surface area contributed by atoms with Crippen LogP contribution in [0.3, 0.4) is 0 Å². The summed E-state index contributed by atoms with van der Waals surface area (Å²) in [4.78, 5) is 0. The van der Waals surface area contributed by atoms with E-state index in [-0.39, 0.29) is 0 Å². The van der Waals surface area contributed by atoms with E-state index in [1.54, 1.807) is 0 Å². The van der Waals surface area contributed by atoms with Crippen molar-refractivity contribution in [3.8, 4) is 5.75 Å². The summed E-state index contributed by atoms with van der Waals surface area (Å²) in [5, 5.41) is 13.2. The van der Waals surface area contributed by atoms with Crippen LogP contribution in [-0.2, 0) is 6.42 Å². The average Bonchev–Trinajstić information content (AvgIpc) is 3.15. The lowest BCUT2D eigenvalue weighted by Gasteiger charge is -2.16. The molecule has 1 aliphatic rings. The Morgan fingerprint density at radius 2 is 2.15 bits per heavy atom. The fraction of sp³-hybridized carbons (Fsp3) is 0.556. The van der Waals surface area contributed by atoms with Crippen molar-refractivity contribution in [2.75, 3.05) is 12.4 Å². The van der Waals surface area contributed by atoms with Crippen LogP contribution in [-0.4, -0.2) is 12.2 Å². The summed E-state index contributed by atoms with van der Waals surface area (Å²) in [5.41, 5.74) is 5.10. The zero-order valence-electron chi connectivity index (χ0n) is 13.2. The number of benzene rings is 1. The smallest absolute Gasteiger partial charge is 0.138 e. The molecule has 2 N–H and O–H groups in total. The third kappa shape index (κ3) is 3.17. The summed E-state index contributed by atoms with van der Waals surface area (Å²) in [6, 6.07) is 3.96. The molecule has 0 amide bonds. The second-order valence-electron chi connectivity index (χ2n) is 6.04. The van der Waals surface area contributed by atoms with Gasteiger partial charge in [-0.05, 0) is 61.6 Å². The molecule has 1 fully saturated rings. The quantitative estimate of drug-likeness (QED) is 0.574. The monoisotopic (exact) mass is 273 g/mol. The standard InChI is InChI=1S/C18H27NO/c1-5-12(2)7-6-8-15-14(16-11-13(16)3)9-10-17(20)18(15)19-4/h7,9-10,13,16,19-20H,5-6,8,11H2,1-4H3/b12-7+. The van der Waals surface area contributed by atoms with Gasteiger partial charge in [0.05, 0.1) is 5.69 Å². The third-order valence-electron chi connectivity index (χ3n) is 4.53. The maximum atomic E-state index is 10.1. The summed E-state index contributed by atoms with van der Waals surface area (Å²) in [7, 11) is 1.89. The largest absolute Gasteiger partial charge is 0.506 e. The van der Waals surface area contributed by atoms with Gasteiger partial charge in [0.15, 0.2) is 0 Å². The minimum Gasteiger partial charge on any atom is -0.506 e. The molecule has 1 aliphatic carbocycles. The van der Waals surface area contributed by atoms with E-state index in [9.17, 15) is 5.11 Å². The predicted molar refractivity (Wildman–Crippen MR) is 86.5 cm³/mol. The van der Waals surface area contributed by atoms with Crippen LogP contribution in [0.4, 0.5) is 5.69 Å². The third-order valence-corrected chi connectivity index (χ3v) is 4.53. The predicted octanol–water partition coefficient (Wildman–Crippen LogP) is 4.85. The molecule has 2 heteroatoms. The molecule has 0 aliphatic heterocycles. The van der Waals surface area contributed by atoms with Crippen molar-refractivity contribution >= 4 is 5.69 Å². The molecule has 20 heavy (non-hydrogen) atoms. The van der Waals surface area contributed by atoms with Gasteiger partial charge in [-0.2, -0.15) is 0 Å². The van der Waals surface area contributed by atoms with E-state index >= 15 is 0 Å². The number of hydrogen-bond donors (Lipinski definition) is 2. The van der Waals surface area contributed by atoms with Crippen molar-refractivity contribution in [2.24, 2.45) is 5.92 Å². The Balaban J connectivity index is 2.25. The van der Waals surface area contributed by atoms with Gasteiger partial charge in [-0.3, -0.25) is 0 Å². The molecule has 0 bridgehead atoms. The topological polar surface area (TPSA) is 32.3 Å². The van der Waals surface area contributed by atoms with Gasteiger partial charge in [-0.15, -0.1) is 0 Å². The molecule has 110 valence electrons. The van der Waals surface area contributed by atoms with E-state index in [4.69, 9.17) is 0 Å². The van der Waals surface area contributed by atoms with Crippen LogP contribution >= 0.6 is 0 Å². The summed E-state index contributed by atoms with van der Waals surface area (Å²) >= 11 is 0. The molecule has 0 aromatic heterocycles. The molecule has 2 nitrogen and oxygen atoms in total. The Kier molecular flexibility index (Phi) is 4.74. The van der Waals surface area contributed by atoms with Crippen molar-refractivity contribution in [3.63, 3.8) is 0 Å².